The van der Waals surface area contributed by atoms with Gasteiger partial charge in [0.1, 0.15) is 11.6 Å². The first-order valence-corrected chi connectivity index (χ1v) is 14.9. The molecule has 4 heterocycles. The summed E-state index contributed by atoms with van der Waals surface area (Å²) in [6.45, 7) is -0.595. The molecule has 0 bridgehead atoms. The summed E-state index contributed by atoms with van der Waals surface area (Å²) in [4.78, 5) is 34.1. The Bertz CT molecular complexity index is 2370. The van der Waals surface area contributed by atoms with Gasteiger partial charge in [-0.25, -0.2) is 8.78 Å². The van der Waals surface area contributed by atoms with Gasteiger partial charge in [-0.3, -0.25) is 9.59 Å². The van der Waals surface area contributed by atoms with E-state index in [9.17, 15) is 40.3 Å². The Hall–Kier alpha value is -5.36. The van der Waals surface area contributed by atoms with E-state index in [0.717, 1.165) is 57.9 Å². The molecule has 20 heteroatoms. The highest BCUT2D eigenvalue weighted by Gasteiger charge is 2.42. The van der Waals surface area contributed by atoms with Crippen molar-refractivity contribution in [3.63, 3.8) is 0 Å². The highest BCUT2D eigenvalue weighted by Crippen LogP contribution is 2.39. The molecule has 264 valence electrons. The van der Waals surface area contributed by atoms with Crippen molar-refractivity contribution in [3.8, 4) is 22.8 Å². The normalized spacial score (nSPS) is 13.4. The van der Waals surface area contributed by atoms with Crippen molar-refractivity contribution in [2.75, 3.05) is 0 Å². The number of alkyl halides is 6. The zero-order valence-corrected chi connectivity index (χ0v) is 26.5. The van der Waals surface area contributed by atoms with E-state index in [-0.39, 0.29) is 32.3 Å². The van der Waals surface area contributed by atoms with Crippen LogP contribution >= 0.6 is 23.2 Å². The lowest BCUT2D eigenvalue weighted by Crippen LogP contribution is -2.48. The Labute approximate surface area is 288 Å². The smallest absolute Gasteiger partial charge is 0.329 e. The van der Waals surface area contributed by atoms with E-state index >= 15 is 4.39 Å². The van der Waals surface area contributed by atoms with E-state index in [1.54, 1.807) is 0 Å². The van der Waals surface area contributed by atoms with Crippen LogP contribution in [0.1, 0.15) is 22.9 Å². The standard InChI is InChI=1S/C31H16Cl2F8N6O4/c32-20-2-1-3-22(35)18(20)13-29(19-5-4-17(34)12-21(19)33,47-9-7-16(11-24(47)49)26-43-28(51-45-26)31(39,40)41)14-46-8-6-15(10-23(46)48)25-42-27(50-44-25)30(36,37)38/h1-12H,13-14H2. The molecular weight excluding hydrogens is 743 g/mol. The Kier molecular flexibility index (Phi) is 9.09. The van der Waals surface area contributed by atoms with E-state index in [4.69, 9.17) is 23.2 Å². The Balaban J connectivity index is 1.56. The fourth-order valence-electron chi connectivity index (χ4n) is 5.33. The molecule has 2 aromatic carbocycles. The summed E-state index contributed by atoms with van der Waals surface area (Å²) >= 11 is 13.0. The van der Waals surface area contributed by atoms with Crippen molar-refractivity contribution in [3.05, 3.63) is 138 Å². The maximum Gasteiger partial charge on any atom is 0.471 e. The van der Waals surface area contributed by atoms with E-state index in [1.807, 2.05) is 0 Å². The SMILES string of the molecule is O=c1cc(-c2noc(C(F)(F)F)n2)ccn1CC(Cc1c(F)cccc1Cl)(c1ccc(F)cc1Cl)n1ccc(-c2noc(C(F)(F)F)n2)cc1=O. The summed E-state index contributed by atoms with van der Waals surface area (Å²) in [5, 5.41) is 6.13. The molecule has 10 nitrogen and oxygen atoms in total. The van der Waals surface area contributed by atoms with Gasteiger partial charge in [-0.15, -0.1) is 0 Å². The second-order valence-corrected chi connectivity index (χ2v) is 11.7. The zero-order valence-electron chi connectivity index (χ0n) is 24.9. The van der Waals surface area contributed by atoms with Gasteiger partial charge < -0.3 is 18.2 Å². The topological polar surface area (TPSA) is 122 Å². The van der Waals surface area contributed by atoms with Gasteiger partial charge >= 0.3 is 24.1 Å². The van der Waals surface area contributed by atoms with Gasteiger partial charge in [-0.05, 0) is 42.0 Å². The molecule has 0 fully saturated rings. The molecule has 0 aliphatic carbocycles. The number of benzene rings is 2. The summed E-state index contributed by atoms with van der Waals surface area (Å²) in [6, 6.07) is 10.8. The minimum absolute atomic E-state index is 0.0392. The first-order chi connectivity index (χ1) is 24.0. The number of rotatable bonds is 8. The van der Waals surface area contributed by atoms with Crippen LogP contribution in [-0.2, 0) is 30.9 Å². The molecule has 6 rings (SSSR count). The molecule has 51 heavy (non-hydrogen) atoms. The van der Waals surface area contributed by atoms with Crippen molar-refractivity contribution in [1.82, 2.24) is 29.4 Å². The van der Waals surface area contributed by atoms with Crippen LogP contribution in [0.2, 0.25) is 10.0 Å². The molecule has 1 atom stereocenters. The van der Waals surface area contributed by atoms with E-state index in [2.05, 4.69) is 29.3 Å². The van der Waals surface area contributed by atoms with Crippen LogP contribution < -0.4 is 11.1 Å². The maximum atomic E-state index is 15.5. The van der Waals surface area contributed by atoms with Crippen LogP contribution in [-0.4, -0.2) is 29.4 Å². The quantitative estimate of drug-likeness (QED) is 0.147. The van der Waals surface area contributed by atoms with Crippen molar-refractivity contribution < 1.29 is 44.2 Å². The third-order valence-corrected chi connectivity index (χ3v) is 8.29. The number of hydrogen-bond donors (Lipinski definition) is 0. The Morgan fingerprint density at radius 3 is 1.80 bits per heavy atom. The molecule has 4 aromatic heterocycles. The number of nitrogens with zero attached hydrogens (tertiary/aromatic N) is 6. The molecule has 1 unspecified atom stereocenters. The molecular formula is C31H16Cl2F8N6O4. The maximum absolute atomic E-state index is 15.5. The molecule has 0 saturated carbocycles. The summed E-state index contributed by atoms with van der Waals surface area (Å²) in [7, 11) is 0. The summed E-state index contributed by atoms with van der Waals surface area (Å²) in [5.41, 5.74) is -4.46. The predicted octanol–water partition coefficient (Wildman–Crippen LogP) is 7.42. The number of pyridine rings is 2. The summed E-state index contributed by atoms with van der Waals surface area (Å²) < 4.78 is 119. The van der Waals surface area contributed by atoms with Crippen LogP contribution in [0.15, 0.2) is 91.7 Å². The molecule has 6 aromatic rings. The Morgan fingerprint density at radius 2 is 1.29 bits per heavy atom. The van der Waals surface area contributed by atoms with E-state index in [0.29, 0.717) is 0 Å². The van der Waals surface area contributed by atoms with Gasteiger partial charge in [0.15, 0.2) is 0 Å². The molecule has 0 radical (unpaired) electrons. The molecule has 0 amide bonds. The third-order valence-electron chi connectivity index (χ3n) is 7.63. The van der Waals surface area contributed by atoms with Crippen LogP contribution in [0.3, 0.4) is 0 Å². The lowest BCUT2D eigenvalue weighted by atomic mass is 9.82. The molecule has 0 spiro atoms. The minimum Gasteiger partial charge on any atom is -0.329 e. The van der Waals surface area contributed by atoms with Gasteiger partial charge in [-0.2, -0.15) is 36.3 Å². The monoisotopic (exact) mass is 758 g/mol. The zero-order chi connectivity index (χ0) is 36.9. The van der Waals surface area contributed by atoms with Gasteiger partial charge in [-0.1, -0.05) is 45.6 Å². The molecule has 0 aliphatic rings. The molecule has 0 N–H and O–H groups in total. The summed E-state index contributed by atoms with van der Waals surface area (Å²) in [6.07, 6.45) is -8.28. The highest BCUT2D eigenvalue weighted by atomic mass is 35.5. The second-order valence-electron chi connectivity index (χ2n) is 10.9. The van der Waals surface area contributed by atoms with Crippen LogP contribution in [0, 0.1) is 11.6 Å². The van der Waals surface area contributed by atoms with Gasteiger partial charge in [0, 0.05) is 57.7 Å². The lowest BCUT2D eigenvalue weighted by molar-refractivity contribution is -0.160. The number of hydrogen-bond acceptors (Lipinski definition) is 8. The van der Waals surface area contributed by atoms with E-state index < -0.39 is 77.0 Å². The van der Waals surface area contributed by atoms with Gasteiger partial charge in [0.05, 0.1) is 12.1 Å². The Morgan fingerprint density at radius 1 is 0.706 bits per heavy atom. The molecule has 0 saturated heterocycles. The minimum atomic E-state index is -4.99. The summed E-state index contributed by atoms with van der Waals surface area (Å²) in [5.74, 6) is -6.16. The fourth-order valence-corrected chi connectivity index (χ4v) is 5.90. The van der Waals surface area contributed by atoms with Gasteiger partial charge in [0.2, 0.25) is 11.6 Å². The predicted molar refractivity (Wildman–Crippen MR) is 162 cm³/mol. The highest BCUT2D eigenvalue weighted by molar-refractivity contribution is 6.32. The fraction of sp³-hybridized carbons (Fsp3) is 0.161. The second kappa shape index (κ2) is 13.1. The van der Waals surface area contributed by atoms with E-state index in [1.165, 1.54) is 24.3 Å². The lowest BCUT2D eigenvalue weighted by Gasteiger charge is -2.38. The third kappa shape index (κ3) is 7.01. The first kappa shape index (κ1) is 35.5. The van der Waals surface area contributed by atoms with Crippen molar-refractivity contribution in [2.45, 2.75) is 30.9 Å². The molecule has 0 aliphatic heterocycles. The average Bonchev–Trinajstić information content (AvgIpc) is 3.75. The number of aromatic nitrogens is 6. The largest absolute Gasteiger partial charge is 0.471 e. The van der Waals surface area contributed by atoms with Crippen LogP contribution in [0.5, 0.6) is 0 Å². The van der Waals surface area contributed by atoms with Crippen LogP contribution in [0.4, 0.5) is 35.1 Å². The first-order valence-electron chi connectivity index (χ1n) is 14.1. The van der Waals surface area contributed by atoms with Crippen molar-refractivity contribution in [1.29, 1.82) is 0 Å². The van der Waals surface area contributed by atoms with Crippen molar-refractivity contribution in [2.24, 2.45) is 0 Å². The van der Waals surface area contributed by atoms with Gasteiger partial charge in [0.25, 0.3) is 11.1 Å². The average molecular weight is 759 g/mol. The van der Waals surface area contributed by atoms with Crippen molar-refractivity contribution >= 4 is 23.2 Å². The van der Waals surface area contributed by atoms with Crippen LogP contribution in [0.25, 0.3) is 22.8 Å². The number of halogens is 10.